The van der Waals surface area contributed by atoms with Gasteiger partial charge >= 0.3 is 5.97 Å². The molecule has 6 nitrogen and oxygen atoms in total. The quantitative estimate of drug-likeness (QED) is 0.469. The first-order valence-corrected chi connectivity index (χ1v) is 7.63. The van der Waals surface area contributed by atoms with Gasteiger partial charge in [0.25, 0.3) is 5.69 Å². The summed E-state index contributed by atoms with van der Waals surface area (Å²) in [6, 6.07) is 2.99. The Bertz CT molecular complexity index is 462. The zero-order valence-corrected chi connectivity index (χ0v) is 12.2. The summed E-state index contributed by atoms with van der Waals surface area (Å²) in [5.41, 5.74) is -0.0421. The van der Waals surface area contributed by atoms with Crippen LogP contribution in [-0.2, 0) is 4.79 Å². The number of hydrogen-bond acceptors (Lipinski definition) is 6. The zero-order valence-electron chi connectivity index (χ0n) is 10.5. The lowest BCUT2D eigenvalue weighted by Crippen LogP contribution is -2.15. The molecule has 1 aromatic rings. The van der Waals surface area contributed by atoms with Crippen LogP contribution in [0.2, 0.25) is 0 Å². The van der Waals surface area contributed by atoms with Gasteiger partial charge in [-0.2, -0.15) is 0 Å². The second kappa shape index (κ2) is 6.76. The van der Waals surface area contributed by atoms with Gasteiger partial charge in [0, 0.05) is 17.2 Å². The lowest BCUT2D eigenvalue weighted by molar-refractivity contribution is -0.385. The summed E-state index contributed by atoms with van der Waals surface area (Å²) in [6.07, 6.45) is 1.88. The van der Waals surface area contributed by atoms with Gasteiger partial charge < -0.3 is 5.11 Å². The van der Waals surface area contributed by atoms with Crippen LogP contribution in [0.1, 0.15) is 26.7 Å². The number of carboxylic acid groups (broad SMARTS) is 1. The van der Waals surface area contributed by atoms with E-state index in [2.05, 4.69) is 4.98 Å². The summed E-state index contributed by atoms with van der Waals surface area (Å²) in [6.45, 7) is 3.91. The molecule has 0 amide bonds. The summed E-state index contributed by atoms with van der Waals surface area (Å²) in [5, 5.41) is 19.8. The first-order chi connectivity index (χ1) is 8.80. The average Bonchev–Trinajstić information content (AvgIpc) is 2.35. The summed E-state index contributed by atoms with van der Waals surface area (Å²) in [7, 11) is 2.90. The number of nitro groups is 1. The summed E-state index contributed by atoms with van der Waals surface area (Å²) in [4.78, 5) is 24.5. The van der Waals surface area contributed by atoms with Crippen molar-refractivity contribution in [3.8, 4) is 0 Å². The van der Waals surface area contributed by atoms with Crippen LogP contribution < -0.4 is 0 Å². The molecule has 0 aliphatic rings. The van der Waals surface area contributed by atoms with E-state index in [1.165, 1.54) is 33.9 Å². The van der Waals surface area contributed by atoms with Gasteiger partial charge in [0.2, 0.25) is 0 Å². The molecule has 104 valence electrons. The van der Waals surface area contributed by atoms with Crippen molar-refractivity contribution in [2.24, 2.45) is 0 Å². The lowest BCUT2D eigenvalue weighted by Gasteiger charge is -2.21. The van der Waals surface area contributed by atoms with Gasteiger partial charge in [0.05, 0.1) is 4.92 Å². The van der Waals surface area contributed by atoms with Crippen LogP contribution in [0, 0.1) is 10.1 Å². The van der Waals surface area contributed by atoms with Crippen molar-refractivity contribution in [1.29, 1.82) is 0 Å². The largest absolute Gasteiger partial charge is 0.481 e. The van der Waals surface area contributed by atoms with Crippen LogP contribution in [0.25, 0.3) is 0 Å². The van der Waals surface area contributed by atoms with Crippen molar-refractivity contribution in [3.05, 3.63) is 28.4 Å². The second-order valence-electron chi connectivity index (χ2n) is 4.43. The molecular formula is C11H14N2O4S2. The van der Waals surface area contributed by atoms with Crippen molar-refractivity contribution >= 4 is 33.2 Å². The number of nitrogens with zero attached hydrogens (tertiary/aromatic N) is 2. The van der Waals surface area contributed by atoms with Crippen LogP contribution in [-0.4, -0.2) is 25.7 Å². The zero-order chi connectivity index (χ0) is 14.5. The highest BCUT2D eigenvalue weighted by molar-refractivity contribution is 8.77. The summed E-state index contributed by atoms with van der Waals surface area (Å²) < 4.78 is -0.202. The van der Waals surface area contributed by atoms with Crippen LogP contribution in [0.5, 0.6) is 0 Å². The number of carboxylic acids is 1. The maximum absolute atomic E-state index is 10.5. The number of aliphatic carboxylic acids is 1. The van der Waals surface area contributed by atoms with Crippen molar-refractivity contribution in [2.45, 2.75) is 36.5 Å². The Balaban J connectivity index is 2.51. The molecule has 1 aromatic heterocycles. The molecule has 0 saturated carbocycles. The molecular weight excluding hydrogens is 288 g/mol. The Morgan fingerprint density at radius 3 is 2.68 bits per heavy atom. The van der Waals surface area contributed by atoms with E-state index in [1.807, 2.05) is 13.8 Å². The molecule has 0 atom stereocenters. The summed E-state index contributed by atoms with van der Waals surface area (Å²) >= 11 is 0. The molecule has 1 N–H and O–H groups in total. The Morgan fingerprint density at radius 2 is 2.21 bits per heavy atom. The maximum atomic E-state index is 10.5. The highest BCUT2D eigenvalue weighted by Gasteiger charge is 2.21. The van der Waals surface area contributed by atoms with E-state index < -0.39 is 10.9 Å². The van der Waals surface area contributed by atoms with Gasteiger partial charge in [0.1, 0.15) is 11.2 Å². The molecule has 0 spiro atoms. The molecule has 0 saturated heterocycles. The van der Waals surface area contributed by atoms with Crippen LogP contribution in [0.4, 0.5) is 5.69 Å². The molecule has 1 rings (SSSR count). The van der Waals surface area contributed by atoms with E-state index in [4.69, 9.17) is 5.11 Å². The molecule has 0 unspecified atom stereocenters. The molecule has 8 heteroatoms. The van der Waals surface area contributed by atoms with Crippen LogP contribution in [0.15, 0.2) is 23.4 Å². The molecule has 0 aromatic carbocycles. The van der Waals surface area contributed by atoms with Gasteiger partial charge in [-0.15, -0.1) is 0 Å². The Hall–Kier alpha value is -1.28. The smallest absolute Gasteiger partial charge is 0.303 e. The van der Waals surface area contributed by atoms with Gasteiger partial charge in [0.15, 0.2) is 0 Å². The minimum absolute atomic E-state index is 0.0421. The van der Waals surface area contributed by atoms with E-state index in [9.17, 15) is 14.9 Å². The molecule has 0 aliphatic heterocycles. The predicted octanol–water partition coefficient (Wildman–Crippen LogP) is 3.37. The SMILES string of the molecule is CC(C)(CCC(=O)O)SSc1ccc([N+](=O)[O-])cn1. The van der Waals surface area contributed by atoms with Crippen molar-refractivity contribution in [3.63, 3.8) is 0 Å². The number of hydrogen-bond donors (Lipinski definition) is 1. The third-order valence-corrected chi connectivity index (χ3v) is 5.49. The first kappa shape index (κ1) is 15.8. The van der Waals surface area contributed by atoms with Gasteiger partial charge in [-0.25, -0.2) is 4.98 Å². The summed E-state index contributed by atoms with van der Waals surface area (Å²) in [5.74, 6) is -0.813. The first-order valence-electron chi connectivity index (χ1n) is 5.48. The van der Waals surface area contributed by atoms with Gasteiger partial charge in [-0.3, -0.25) is 14.9 Å². The van der Waals surface area contributed by atoms with Crippen molar-refractivity contribution in [1.82, 2.24) is 4.98 Å². The Kier molecular flexibility index (Phi) is 5.61. The van der Waals surface area contributed by atoms with Crippen molar-refractivity contribution in [2.75, 3.05) is 0 Å². The Labute approximate surface area is 118 Å². The fourth-order valence-electron chi connectivity index (χ4n) is 1.13. The minimum atomic E-state index is -0.813. The number of carbonyl (C=O) groups is 1. The third kappa shape index (κ3) is 5.93. The Morgan fingerprint density at radius 1 is 1.53 bits per heavy atom. The molecule has 0 fully saturated rings. The van der Waals surface area contributed by atoms with E-state index in [0.717, 1.165) is 0 Å². The normalized spacial score (nSPS) is 11.3. The van der Waals surface area contributed by atoms with E-state index >= 15 is 0 Å². The molecule has 1 heterocycles. The second-order valence-corrected chi connectivity index (χ2v) is 7.29. The molecule has 0 aliphatic carbocycles. The lowest BCUT2D eigenvalue weighted by atomic mass is 10.1. The minimum Gasteiger partial charge on any atom is -0.481 e. The number of pyridine rings is 1. The fraction of sp³-hybridized carbons (Fsp3) is 0.455. The molecule has 0 radical (unpaired) electrons. The van der Waals surface area contributed by atoms with Crippen LogP contribution in [0.3, 0.4) is 0 Å². The third-order valence-electron chi connectivity index (χ3n) is 2.23. The molecule has 19 heavy (non-hydrogen) atoms. The highest BCUT2D eigenvalue weighted by Crippen LogP contribution is 2.42. The standard InChI is InChI=1S/C11H14N2O4S2/c1-11(2,6-5-10(14)15)19-18-9-4-3-8(7-12-9)13(16)17/h3-4,7H,5-6H2,1-2H3,(H,14,15). The maximum Gasteiger partial charge on any atom is 0.303 e. The van der Waals surface area contributed by atoms with Crippen molar-refractivity contribution < 1.29 is 14.8 Å². The monoisotopic (exact) mass is 302 g/mol. The van der Waals surface area contributed by atoms with E-state index in [1.54, 1.807) is 6.07 Å². The average molecular weight is 302 g/mol. The van der Waals surface area contributed by atoms with E-state index in [-0.39, 0.29) is 16.9 Å². The van der Waals surface area contributed by atoms with Gasteiger partial charge in [-0.1, -0.05) is 10.8 Å². The highest BCUT2D eigenvalue weighted by atomic mass is 33.1. The van der Waals surface area contributed by atoms with Gasteiger partial charge in [-0.05, 0) is 37.1 Å². The van der Waals surface area contributed by atoms with E-state index in [0.29, 0.717) is 11.4 Å². The molecule has 0 bridgehead atoms. The topological polar surface area (TPSA) is 93.3 Å². The predicted molar refractivity (Wildman–Crippen MR) is 75.3 cm³/mol. The number of aromatic nitrogens is 1. The number of rotatable bonds is 7. The fourth-order valence-corrected chi connectivity index (χ4v) is 3.33. The van der Waals surface area contributed by atoms with Crippen LogP contribution >= 0.6 is 21.6 Å².